The average Bonchev–Trinajstić information content (AvgIpc) is 2.51. The highest BCUT2D eigenvalue weighted by Gasteiger charge is 2.21. The summed E-state index contributed by atoms with van der Waals surface area (Å²) >= 11 is 0. The lowest BCUT2D eigenvalue weighted by molar-refractivity contribution is -0.116. The second kappa shape index (κ2) is 6.14. The highest BCUT2D eigenvalue weighted by molar-refractivity contribution is 5.97. The van der Waals surface area contributed by atoms with E-state index in [1.165, 1.54) is 7.05 Å². The fourth-order valence-electron chi connectivity index (χ4n) is 2.08. The number of benzene rings is 1. The number of nitrogens with one attached hydrogen (secondary N) is 1. The first-order valence-electron chi connectivity index (χ1n) is 6.49. The summed E-state index contributed by atoms with van der Waals surface area (Å²) < 4.78 is 11.1. The molecular weight excluding hydrogens is 268 g/mol. The Bertz CT molecular complexity index is 669. The second-order valence-corrected chi connectivity index (χ2v) is 4.53. The van der Waals surface area contributed by atoms with Crippen LogP contribution in [0.15, 0.2) is 35.4 Å². The third kappa shape index (κ3) is 2.90. The van der Waals surface area contributed by atoms with Crippen LogP contribution in [0, 0.1) is 11.3 Å². The summed E-state index contributed by atoms with van der Waals surface area (Å²) in [6.45, 7) is 1.86. The van der Waals surface area contributed by atoms with Crippen molar-refractivity contribution in [2.75, 3.05) is 14.2 Å². The van der Waals surface area contributed by atoms with Crippen LogP contribution in [0.5, 0.6) is 11.5 Å². The zero-order valence-electron chi connectivity index (χ0n) is 12.1. The molecule has 108 valence electrons. The van der Waals surface area contributed by atoms with Crippen molar-refractivity contribution in [3.8, 4) is 17.6 Å². The van der Waals surface area contributed by atoms with Crippen molar-refractivity contribution in [3.05, 3.63) is 41.0 Å². The van der Waals surface area contributed by atoms with Crippen molar-refractivity contribution >= 4 is 12.0 Å². The lowest BCUT2D eigenvalue weighted by Gasteiger charge is -2.24. The van der Waals surface area contributed by atoms with Crippen molar-refractivity contribution in [3.63, 3.8) is 0 Å². The number of rotatable bonds is 3. The molecule has 1 amide bonds. The number of hydrogen-bond donors (Lipinski definition) is 1. The van der Waals surface area contributed by atoms with E-state index in [0.29, 0.717) is 11.5 Å². The zero-order chi connectivity index (χ0) is 15.4. The molecule has 1 heterocycles. The van der Waals surface area contributed by atoms with Gasteiger partial charge in [-0.15, -0.1) is 0 Å². The quantitative estimate of drug-likeness (QED) is 0.681. The third-order valence-corrected chi connectivity index (χ3v) is 3.22. The molecule has 0 fully saturated rings. The molecule has 0 saturated heterocycles. The van der Waals surface area contributed by atoms with Crippen LogP contribution in [0.25, 0.3) is 6.08 Å². The number of para-hydroxylation sites is 1. The molecule has 1 atom stereocenters. The highest BCUT2D eigenvalue weighted by Crippen LogP contribution is 2.37. The lowest BCUT2D eigenvalue weighted by Crippen LogP contribution is -2.22. The molecule has 5 heteroatoms. The standard InChI is InChI=1S/C16H16N2O3/c1-10-12(8-13(9-17)16(19)18-2)7-11-5-4-6-14(20-3)15(11)21-10/h4-8,10H,1-3H3,(H,18,19). The molecule has 1 unspecified atom stereocenters. The Morgan fingerprint density at radius 3 is 2.90 bits per heavy atom. The summed E-state index contributed by atoms with van der Waals surface area (Å²) in [5.41, 5.74) is 1.66. The zero-order valence-corrected chi connectivity index (χ0v) is 12.1. The van der Waals surface area contributed by atoms with E-state index in [2.05, 4.69) is 5.32 Å². The summed E-state index contributed by atoms with van der Waals surface area (Å²) in [4.78, 5) is 11.6. The molecule has 5 nitrogen and oxygen atoms in total. The number of nitrogens with zero attached hydrogens (tertiary/aromatic N) is 1. The van der Waals surface area contributed by atoms with Gasteiger partial charge in [-0.2, -0.15) is 5.26 Å². The van der Waals surface area contributed by atoms with Gasteiger partial charge in [0.25, 0.3) is 5.91 Å². The minimum atomic E-state index is -0.415. The smallest absolute Gasteiger partial charge is 0.261 e. The van der Waals surface area contributed by atoms with Gasteiger partial charge in [0.2, 0.25) is 0 Å². The van der Waals surface area contributed by atoms with E-state index in [-0.39, 0.29) is 11.7 Å². The van der Waals surface area contributed by atoms with E-state index in [1.54, 1.807) is 13.2 Å². The van der Waals surface area contributed by atoms with Gasteiger partial charge in [-0.3, -0.25) is 4.79 Å². The predicted molar refractivity (Wildman–Crippen MR) is 78.8 cm³/mol. The van der Waals surface area contributed by atoms with Crippen LogP contribution >= 0.6 is 0 Å². The summed E-state index contributed by atoms with van der Waals surface area (Å²) in [6, 6.07) is 7.47. The molecule has 1 N–H and O–H groups in total. The van der Waals surface area contributed by atoms with Gasteiger partial charge in [-0.1, -0.05) is 12.1 Å². The maximum Gasteiger partial charge on any atom is 0.261 e. The van der Waals surface area contributed by atoms with Crippen LogP contribution in [0.4, 0.5) is 0 Å². The van der Waals surface area contributed by atoms with E-state index in [0.717, 1.165) is 11.1 Å². The summed E-state index contributed by atoms with van der Waals surface area (Å²) in [5, 5.41) is 11.5. The van der Waals surface area contributed by atoms with Crippen molar-refractivity contribution in [2.24, 2.45) is 0 Å². The van der Waals surface area contributed by atoms with Gasteiger partial charge < -0.3 is 14.8 Å². The van der Waals surface area contributed by atoms with Gasteiger partial charge >= 0.3 is 0 Å². The van der Waals surface area contributed by atoms with Crippen LogP contribution in [-0.4, -0.2) is 26.2 Å². The average molecular weight is 284 g/mol. The number of amides is 1. The Morgan fingerprint density at radius 2 is 2.29 bits per heavy atom. The number of ether oxygens (including phenoxy) is 2. The monoisotopic (exact) mass is 284 g/mol. The number of likely N-dealkylation sites (N-methyl/N-ethyl adjacent to an activating group) is 1. The number of carbonyl (C=O) groups is 1. The van der Waals surface area contributed by atoms with Crippen LogP contribution in [0.1, 0.15) is 12.5 Å². The Hall–Kier alpha value is -2.74. The minimum absolute atomic E-state index is 0.0468. The van der Waals surface area contributed by atoms with Crippen molar-refractivity contribution in [1.82, 2.24) is 5.32 Å². The molecule has 0 spiro atoms. The molecule has 0 radical (unpaired) electrons. The Morgan fingerprint density at radius 1 is 1.52 bits per heavy atom. The maximum absolute atomic E-state index is 11.6. The molecule has 1 aliphatic heterocycles. The van der Waals surface area contributed by atoms with Crippen molar-refractivity contribution in [1.29, 1.82) is 5.26 Å². The Kier molecular flexibility index (Phi) is 4.29. The maximum atomic E-state index is 11.6. The van der Waals surface area contributed by atoms with Gasteiger partial charge in [0.05, 0.1) is 7.11 Å². The van der Waals surface area contributed by atoms with Gasteiger partial charge in [0.15, 0.2) is 11.5 Å². The summed E-state index contributed by atoms with van der Waals surface area (Å²) in [5.74, 6) is 0.913. The molecule has 1 aromatic carbocycles. The third-order valence-electron chi connectivity index (χ3n) is 3.22. The predicted octanol–water partition coefficient (Wildman–Crippen LogP) is 2.06. The number of nitriles is 1. The van der Waals surface area contributed by atoms with E-state index < -0.39 is 5.91 Å². The van der Waals surface area contributed by atoms with Gasteiger partial charge in [-0.05, 0) is 30.7 Å². The van der Waals surface area contributed by atoms with Crippen LogP contribution < -0.4 is 14.8 Å². The Labute approximate surface area is 123 Å². The summed E-state index contributed by atoms with van der Waals surface area (Å²) in [6.07, 6.45) is 3.17. The van der Waals surface area contributed by atoms with Crippen LogP contribution in [-0.2, 0) is 4.79 Å². The van der Waals surface area contributed by atoms with Gasteiger partial charge in [-0.25, -0.2) is 0 Å². The lowest BCUT2D eigenvalue weighted by atomic mass is 10.00. The fraction of sp³-hybridized carbons (Fsp3) is 0.250. The first-order chi connectivity index (χ1) is 10.1. The molecule has 0 bridgehead atoms. The normalized spacial score (nSPS) is 17.0. The first-order valence-corrected chi connectivity index (χ1v) is 6.49. The number of methoxy groups -OCH3 is 1. The summed E-state index contributed by atoms with van der Waals surface area (Å²) in [7, 11) is 3.07. The molecule has 2 rings (SSSR count). The Balaban J connectivity index is 2.46. The minimum Gasteiger partial charge on any atom is -0.493 e. The van der Waals surface area contributed by atoms with E-state index in [1.807, 2.05) is 37.3 Å². The fourth-order valence-corrected chi connectivity index (χ4v) is 2.08. The molecular formula is C16H16N2O3. The SMILES string of the molecule is CNC(=O)C(C#N)=CC1=Cc2cccc(OC)c2OC1C. The first kappa shape index (κ1) is 14.7. The van der Waals surface area contributed by atoms with Crippen LogP contribution in [0.2, 0.25) is 0 Å². The molecule has 1 aromatic rings. The van der Waals surface area contributed by atoms with Crippen LogP contribution in [0.3, 0.4) is 0 Å². The molecule has 1 aliphatic rings. The molecule has 0 aromatic heterocycles. The topological polar surface area (TPSA) is 71.4 Å². The molecule has 0 aliphatic carbocycles. The highest BCUT2D eigenvalue weighted by atomic mass is 16.5. The van der Waals surface area contributed by atoms with Gasteiger partial charge in [0.1, 0.15) is 17.7 Å². The number of hydrogen-bond acceptors (Lipinski definition) is 4. The van der Waals surface area contributed by atoms with E-state index >= 15 is 0 Å². The van der Waals surface area contributed by atoms with Gasteiger partial charge in [0, 0.05) is 12.6 Å². The second-order valence-electron chi connectivity index (χ2n) is 4.53. The molecule has 21 heavy (non-hydrogen) atoms. The van der Waals surface area contributed by atoms with E-state index in [4.69, 9.17) is 14.7 Å². The largest absolute Gasteiger partial charge is 0.493 e. The van der Waals surface area contributed by atoms with Crippen molar-refractivity contribution in [2.45, 2.75) is 13.0 Å². The number of carbonyl (C=O) groups excluding carboxylic acids is 1. The number of fused-ring (bicyclic) bond motifs is 1. The molecule has 0 saturated carbocycles. The van der Waals surface area contributed by atoms with E-state index in [9.17, 15) is 4.79 Å². The van der Waals surface area contributed by atoms with Crippen molar-refractivity contribution < 1.29 is 14.3 Å².